The predicted octanol–water partition coefficient (Wildman–Crippen LogP) is 2.40. The van der Waals surface area contributed by atoms with Crippen LogP contribution in [0.4, 0.5) is 0 Å². The third kappa shape index (κ3) is 1.29. The van der Waals surface area contributed by atoms with Crippen LogP contribution in [0, 0.1) is 0 Å². The quantitative estimate of drug-likeness (QED) is 0.596. The predicted molar refractivity (Wildman–Crippen MR) is 58.4 cm³/mol. The second-order valence-electron chi connectivity index (χ2n) is 3.31. The van der Waals surface area contributed by atoms with Crippen LogP contribution in [0.15, 0.2) is 55.1 Å². The van der Waals surface area contributed by atoms with E-state index in [1.54, 1.807) is 12.4 Å². The molecule has 0 N–H and O–H groups in total. The van der Waals surface area contributed by atoms with Gasteiger partial charge in [0.2, 0.25) is 0 Å². The van der Waals surface area contributed by atoms with Gasteiger partial charge in [-0.1, -0.05) is 6.07 Å². The normalized spacial score (nSPS) is 10.7. The molecule has 0 saturated carbocycles. The number of imidazole rings is 1. The fourth-order valence-electron chi connectivity index (χ4n) is 1.66. The zero-order valence-corrected chi connectivity index (χ0v) is 8.04. The molecule has 0 aliphatic carbocycles. The average molecular weight is 195 g/mol. The highest BCUT2D eigenvalue weighted by Gasteiger charge is 2.03. The molecule has 0 amide bonds. The number of aromatic nitrogens is 3. The van der Waals surface area contributed by atoms with E-state index in [9.17, 15) is 0 Å². The Morgan fingerprint density at radius 3 is 2.73 bits per heavy atom. The molecule has 15 heavy (non-hydrogen) atoms. The smallest absolute Gasteiger partial charge is 0.144 e. The minimum Gasteiger partial charge on any atom is -0.300 e. The van der Waals surface area contributed by atoms with Gasteiger partial charge in [-0.05, 0) is 24.3 Å². The number of hydrogen-bond acceptors (Lipinski definition) is 2. The first kappa shape index (κ1) is 8.17. The third-order valence-electron chi connectivity index (χ3n) is 2.38. The highest BCUT2D eigenvalue weighted by molar-refractivity contribution is 5.61. The minimum absolute atomic E-state index is 0.952. The Hall–Kier alpha value is -2.16. The summed E-state index contributed by atoms with van der Waals surface area (Å²) in [7, 11) is 0. The first-order valence-corrected chi connectivity index (χ1v) is 4.77. The number of hydrogen-bond donors (Lipinski definition) is 0. The molecule has 3 aromatic rings. The second kappa shape index (κ2) is 3.20. The van der Waals surface area contributed by atoms with Crippen molar-refractivity contribution in [2.24, 2.45) is 0 Å². The van der Waals surface area contributed by atoms with Crippen LogP contribution in [0.2, 0.25) is 0 Å². The lowest BCUT2D eigenvalue weighted by molar-refractivity contribution is 1.16. The van der Waals surface area contributed by atoms with E-state index in [2.05, 4.69) is 14.4 Å². The first-order chi connectivity index (χ1) is 7.45. The zero-order valence-electron chi connectivity index (χ0n) is 8.04. The fourth-order valence-corrected chi connectivity index (χ4v) is 1.66. The molecule has 0 radical (unpaired) electrons. The van der Waals surface area contributed by atoms with E-state index in [0.29, 0.717) is 0 Å². The van der Waals surface area contributed by atoms with E-state index in [1.165, 1.54) is 0 Å². The van der Waals surface area contributed by atoms with Gasteiger partial charge < -0.3 is 0 Å². The molecule has 3 aromatic heterocycles. The Morgan fingerprint density at radius 1 is 1.00 bits per heavy atom. The summed E-state index contributed by atoms with van der Waals surface area (Å²) in [5, 5.41) is 0. The van der Waals surface area contributed by atoms with Crippen LogP contribution < -0.4 is 0 Å². The molecule has 0 saturated heterocycles. The van der Waals surface area contributed by atoms with Gasteiger partial charge in [0, 0.05) is 24.2 Å². The molecule has 0 aliphatic heterocycles. The van der Waals surface area contributed by atoms with Crippen molar-refractivity contribution < 1.29 is 0 Å². The third-order valence-corrected chi connectivity index (χ3v) is 2.38. The molecule has 72 valence electrons. The van der Waals surface area contributed by atoms with Gasteiger partial charge in [-0.25, -0.2) is 4.98 Å². The van der Waals surface area contributed by atoms with Gasteiger partial charge in [0.05, 0.1) is 11.7 Å². The van der Waals surface area contributed by atoms with Crippen LogP contribution in [-0.4, -0.2) is 14.4 Å². The van der Waals surface area contributed by atoms with Crippen molar-refractivity contribution >= 4 is 5.52 Å². The maximum absolute atomic E-state index is 4.40. The molecule has 3 nitrogen and oxygen atoms in total. The summed E-state index contributed by atoms with van der Waals surface area (Å²) in [6.07, 6.45) is 7.44. The minimum atomic E-state index is 0.952. The van der Waals surface area contributed by atoms with Crippen LogP contribution >= 0.6 is 0 Å². The lowest BCUT2D eigenvalue weighted by Gasteiger charge is -1.99. The SMILES string of the molecule is c1ccn2c(-c3ccncc3)ncc2c1. The summed E-state index contributed by atoms with van der Waals surface area (Å²) >= 11 is 0. The maximum atomic E-state index is 4.40. The van der Waals surface area contributed by atoms with Gasteiger partial charge in [0.15, 0.2) is 0 Å². The Balaban J connectivity index is 2.28. The lowest BCUT2D eigenvalue weighted by Crippen LogP contribution is -1.88. The summed E-state index contributed by atoms with van der Waals surface area (Å²) in [6.45, 7) is 0. The molecular weight excluding hydrogens is 186 g/mol. The average Bonchev–Trinajstić information content (AvgIpc) is 2.74. The Morgan fingerprint density at radius 2 is 1.87 bits per heavy atom. The van der Waals surface area contributed by atoms with Gasteiger partial charge in [-0.15, -0.1) is 0 Å². The van der Waals surface area contributed by atoms with E-state index in [4.69, 9.17) is 0 Å². The Labute approximate surface area is 87.0 Å². The molecule has 3 rings (SSSR count). The Kier molecular flexibility index (Phi) is 1.75. The summed E-state index contributed by atoms with van der Waals surface area (Å²) in [5.74, 6) is 0.952. The first-order valence-electron chi connectivity index (χ1n) is 4.77. The summed E-state index contributed by atoms with van der Waals surface area (Å²) in [6, 6.07) is 9.97. The van der Waals surface area contributed by atoms with Crippen molar-refractivity contribution in [1.29, 1.82) is 0 Å². The molecule has 0 unspecified atom stereocenters. The van der Waals surface area contributed by atoms with Crippen LogP contribution in [0.5, 0.6) is 0 Å². The van der Waals surface area contributed by atoms with Crippen LogP contribution in [-0.2, 0) is 0 Å². The highest BCUT2D eigenvalue weighted by Crippen LogP contribution is 2.18. The summed E-state index contributed by atoms with van der Waals surface area (Å²) in [4.78, 5) is 8.40. The summed E-state index contributed by atoms with van der Waals surface area (Å²) in [5.41, 5.74) is 2.18. The van der Waals surface area contributed by atoms with E-state index < -0.39 is 0 Å². The van der Waals surface area contributed by atoms with Crippen molar-refractivity contribution in [3.8, 4) is 11.4 Å². The van der Waals surface area contributed by atoms with E-state index in [1.807, 2.05) is 42.7 Å². The molecule has 0 fully saturated rings. The van der Waals surface area contributed by atoms with Gasteiger partial charge in [0.1, 0.15) is 5.82 Å². The molecule has 0 spiro atoms. The molecule has 3 heteroatoms. The molecule has 0 atom stereocenters. The van der Waals surface area contributed by atoms with Crippen molar-refractivity contribution in [3.63, 3.8) is 0 Å². The van der Waals surface area contributed by atoms with Crippen molar-refractivity contribution in [2.45, 2.75) is 0 Å². The molecule has 0 aromatic carbocycles. The number of rotatable bonds is 1. The van der Waals surface area contributed by atoms with Crippen molar-refractivity contribution in [2.75, 3.05) is 0 Å². The van der Waals surface area contributed by atoms with Crippen molar-refractivity contribution in [1.82, 2.24) is 14.4 Å². The Bertz CT molecular complexity index is 584. The van der Waals surface area contributed by atoms with Gasteiger partial charge >= 0.3 is 0 Å². The number of pyridine rings is 2. The summed E-state index contributed by atoms with van der Waals surface area (Å²) < 4.78 is 2.06. The standard InChI is InChI=1S/C12H9N3/c1-2-8-15-11(3-1)9-14-12(15)10-4-6-13-7-5-10/h1-9H. The van der Waals surface area contributed by atoms with Gasteiger partial charge in [-0.2, -0.15) is 0 Å². The fraction of sp³-hybridized carbons (Fsp3) is 0. The lowest BCUT2D eigenvalue weighted by atomic mass is 10.2. The van der Waals surface area contributed by atoms with E-state index in [-0.39, 0.29) is 0 Å². The van der Waals surface area contributed by atoms with E-state index in [0.717, 1.165) is 16.9 Å². The zero-order chi connectivity index (χ0) is 10.1. The number of fused-ring (bicyclic) bond motifs is 1. The van der Waals surface area contributed by atoms with Crippen LogP contribution in [0.1, 0.15) is 0 Å². The molecule has 0 bridgehead atoms. The highest BCUT2D eigenvalue weighted by atomic mass is 15.0. The molecule has 3 heterocycles. The van der Waals surface area contributed by atoms with Crippen molar-refractivity contribution in [3.05, 3.63) is 55.1 Å². The molecular formula is C12H9N3. The largest absolute Gasteiger partial charge is 0.300 e. The van der Waals surface area contributed by atoms with Crippen LogP contribution in [0.25, 0.3) is 16.9 Å². The van der Waals surface area contributed by atoms with E-state index >= 15 is 0 Å². The van der Waals surface area contributed by atoms with Crippen LogP contribution in [0.3, 0.4) is 0 Å². The number of nitrogens with zero attached hydrogens (tertiary/aromatic N) is 3. The van der Waals surface area contributed by atoms with Gasteiger partial charge in [-0.3, -0.25) is 9.38 Å². The maximum Gasteiger partial charge on any atom is 0.144 e. The second-order valence-corrected chi connectivity index (χ2v) is 3.31. The topological polar surface area (TPSA) is 30.2 Å². The molecule has 0 aliphatic rings. The monoisotopic (exact) mass is 195 g/mol. The van der Waals surface area contributed by atoms with Gasteiger partial charge in [0.25, 0.3) is 0 Å².